The molecule has 0 spiro atoms. The molecule has 2 aromatic rings. The number of para-hydroxylation sites is 2. The minimum atomic E-state index is -1.34. The van der Waals surface area contributed by atoms with Crippen LogP contribution in [0.1, 0.15) is 12.5 Å². The average molecular weight is 240 g/mol. The van der Waals surface area contributed by atoms with Gasteiger partial charge in [-0.1, -0.05) is 42.5 Å². The first-order chi connectivity index (χ1) is 8.72. The first-order valence-corrected chi connectivity index (χ1v) is 5.76. The molecule has 0 unspecified atom stereocenters. The summed E-state index contributed by atoms with van der Waals surface area (Å²) < 4.78 is 11.5. The molecule has 18 heavy (non-hydrogen) atoms. The molecule has 3 rings (SSSR count). The molecule has 0 saturated heterocycles. The SMILES string of the molecule is CC(=O)C1(c2ccccc2)Oc2ccccc2O1. The molecular weight excluding hydrogens is 228 g/mol. The van der Waals surface area contributed by atoms with Crippen molar-refractivity contribution in [2.75, 3.05) is 0 Å². The standard InChI is InChI=1S/C15H12O3/c1-11(16)15(12-7-3-2-4-8-12)17-13-9-5-6-10-14(13)18-15/h2-10H,1H3. The van der Waals surface area contributed by atoms with Crippen molar-refractivity contribution in [1.29, 1.82) is 0 Å². The van der Waals surface area contributed by atoms with E-state index < -0.39 is 5.79 Å². The highest BCUT2D eigenvalue weighted by Gasteiger charge is 2.48. The first-order valence-electron chi connectivity index (χ1n) is 5.76. The minimum absolute atomic E-state index is 0.176. The maximum absolute atomic E-state index is 12.0. The summed E-state index contributed by atoms with van der Waals surface area (Å²) in [7, 11) is 0. The molecule has 0 radical (unpaired) electrons. The fourth-order valence-corrected chi connectivity index (χ4v) is 2.07. The van der Waals surface area contributed by atoms with Gasteiger partial charge in [-0.3, -0.25) is 4.79 Å². The van der Waals surface area contributed by atoms with Gasteiger partial charge in [0.2, 0.25) is 5.78 Å². The Balaban J connectivity index is 2.11. The third-order valence-corrected chi connectivity index (χ3v) is 2.97. The van der Waals surface area contributed by atoms with Gasteiger partial charge in [0.15, 0.2) is 11.5 Å². The number of fused-ring (bicyclic) bond motifs is 1. The van der Waals surface area contributed by atoms with E-state index in [1.807, 2.05) is 42.5 Å². The lowest BCUT2D eigenvalue weighted by molar-refractivity contribution is -0.155. The zero-order chi connectivity index (χ0) is 12.6. The van der Waals surface area contributed by atoms with Crippen LogP contribution in [0, 0.1) is 0 Å². The van der Waals surface area contributed by atoms with Crippen molar-refractivity contribution < 1.29 is 14.3 Å². The second-order valence-electron chi connectivity index (χ2n) is 4.19. The number of hydrogen-bond donors (Lipinski definition) is 0. The summed E-state index contributed by atoms with van der Waals surface area (Å²) in [6.45, 7) is 1.47. The second-order valence-corrected chi connectivity index (χ2v) is 4.19. The quantitative estimate of drug-likeness (QED) is 0.809. The minimum Gasteiger partial charge on any atom is -0.438 e. The Morgan fingerprint density at radius 3 is 1.89 bits per heavy atom. The Morgan fingerprint density at radius 1 is 0.889 bits per heavy atom. The summed E-state index contributed by atoms with van der Waals surface area (Å²) in [5.74, 6) is -0.330. The fraction of sp³-hybridized carbons (Fsp3) is 0.133. The van der Waals surface area contributed by atoms with E-state index in [1.165, 1.54) is 6.92 Å². The van der Waals surface area contributed by atoms with Crippen LogP contribution in [0.4, 0.5) is 0 Å². The van der Waals surface area contributed by atoms with Gasteiger partial charge in [-0.15, -0.1) is 0 Å². The number of hydrogen-bond acceptors (Lipinski definition) is 3. The summed E-state index contributed by atoms with van der Waals surface area (Å²) in [5.41, 5.74) is 0.703. The van der Waals surface area contributed by atoms with Crippen LogP contribution in [0.3, 0.4) is 0 Å². The number of Topliss-reactive ketones (excluding diaryl/α,β-unsaturated/α-hetero) is 1. The number of carbonyl (C=O) groups is 1. The molecule has 0 fully saturated rings. The van der Waals surface area contributed by atoms with Crippen molar-refractivity contribution in [3.63, 3.8) is 0 Å². The molecular formula is C15H12O3. The summed E-state index contributed by atoms with van der Waals surface area (Å²) in [6.07, 6.45) is 0. The van der Waals surface area contributed by atoms with Crippen LogP contribution in [0.15, 0.2) is 54.6 Å². The van der Waals surface area contributed by atoms with Gasteiger partial charge in [0.05, 0.1) is 0 Å². The highest BCUT2D eigenvalue weighted by molar-refractivity contribution is 5.86. The Bertz CT molecular complexity index is 565. The van der Waals surface area contributed by atoms with Crippen molar-refractivity contribution in [3.8, 4) is 11.5 Å². The molecule has 0 saturated carbocycles. The lowest BCUT2D eigenvalue weighted by Gasteiger charge is -2.24. The average Bonchev–Trinajstić information content (AvgIpc) is 2.80. The van der Waals surface area contributed by atoms with Gasteiger partial charge < -0.3 is 9.47 Å². The van der Waals surface area contributed by atoms with Crippen molar-refractivity contribution in [1.82, 2.24) is 0 Å². The first kappa shape index (κ1) is 10.8. The maximum Gasteiger partial charge on any atom is 0.339 e. The van der Waals surface area contributed by atoms with E-state index in [1.54, 1.807) is 12.1 Å². The van der Waals surface area contributed by atoms with Crippen LogP contribution in [0.25, 0.3) is 0 Å². The molecule has 0 bridgehead atoms. The number of ether oxygens (including phenoxy) is 2. The summed E-state index contributed by atoms with van der Waals surface area (Å²) in [5, 5.41) is 0. The van der Waals surface area contributed by atoms with Crippen LogP contribution in [0.2, 0.25) is 0 Å². The molecule has 3 nitrogen and oxygen atoms in total. The van der Waals surface area contributed by atoms with E-state index in [0.29, 0.717) is 17.1 Å². The van der Waals surface area contributed by atoms with Crippen molar-refractivity contribution in [2.45, 2.75) is 12.7 Å². The second kappa shape index (κ2) is 3.88. The van der Waals surface area contributed by atoms with Gasteiger partial charge in [0.25, 0.3) is 0 Å². The highest BCUT2D eigenvalue weighted by atomic mass is 16.7. The van der Waals surface area contributed by atoms with Crippen LogP contribution in [-0.4, -0.2) is 5.78 Å². The lowest BCUT2D eigenvalue weighted by atomic mass is 10.0. The van der Waals surface area contributed by atoms with Gasteiger partial charge >= 0.3 is 5.79 Å². The van der Waals surface area contributed by atoms with Crippen molar-refractivity contribution in [2.24, 2.45) is 0 Å². The van der Waals surface area contributed by atoms with E-state index in [2.05, 4.69) is 0 Å². The molecule has 0 N–H and O–H groups in total. The largest absolute Gasteiger partial charge is 0.438 e. The Labute approximate surface area is 105 Å². The maximum atomic E-state index is 12.0. The van der Waals surface area contributed by atoms with Gasteiger partial charge in [-0.2, -0.15) is 0 Å². The Kier molecular flexibility index (Phi) is 2.33. The van der Waals surface area contributed by atoms with Crippen molar-refractivity contribution in [3.05, 3.63) is 60.2 Å². The molecule has 1 heterocycles. The van der Waals surface area contributed by atoms with Crippen LogP contribution < -0.4 is 9.47 Å². The highest BCUT2D eigenvalue weighted by Crippen LogP contribution is 2.44. The topological polar surface area (TPSA) is 35.5 Å². The molecule has 2 aromatic carbocycles. The monoisotopic (exact) mass is 240 g/mol. The summed E-state index contributed by atoms with van der Waals surface area (Å²) in [6, 6.07) is 16.5. The van der Waals surface area contributed by atoms with E-state index in [4.69, 9.17) is 9.47 Å². The van der Waals surface area contributed by atoms with E-state index >= 15 is 0 Å². The molecule has 0 amide bonds. The number of benzene rings is 2. The number of carbonyl (C=O) groups excluding carboxylic acids is 1. The molecule has 3 heteroatoms. The number of rotatable bonds is 2. The third kappa shape index (κ3) is 1.48. The molecule has 1 aliphatic heterocycles. The Morgan fingerprint density at radius 2 is 1.39 bits per heavy atom. The van der Waals surface area contributed by atoms with Crippen molar-refractivity contribution >= 4 is 5.78 Å². The van der Waals surface area contributed by atoms with Crippen LogP contribution in [-0.2, 0) is 10.6 Å². The van der Waals surface area contributed by atoms with Gasteiger partial charge in [-0.25, -0.2) is 0 Å². The van der Waals surface area contributed by atoms with Gasteiger partial charge in [0, 0.05) is 12.5 Å². The predicted molar refractivity (Wildman–Crippen MR) is 66.5 cm³/mol. The van der Waals surface area contributed by atoms with Gasteiger partial charge in [0.1, 0.15) is 0 Å². The molecule has 0 atom stereocenters. The zero-order valence-corrected chi connectivity index (χ0v) is 9.92. The third-order valence-electron chi connectivity index (χ3n) is 2.97. The smallest absolute Gasteiger partial charge is 0.339 e. The lowest BCUT2D eigenvalue weighted by Crippen LogP contribution is -2.42. The van der Waals surface area contributed by atoms with E-state index in [0.717, 1.165) is 0 Å². The zero-order valence-electron chi connectivity index (χ0n) is 9.92. The normalized spacial score (nSPS) is 15.4. The number of ketones is 1. The molecule has 0 aliphatic carbocycles. The predicted octanol–water partition coefficient (Wildman–Crippen LogP) is 2.90. The molecule has 1 aliphatic rings. The molecule has 90 valence electrons. The van der Waals surface area contributed by atoms with Gasteiger partial charge in [-0.05, 0) is 12.1 Å². The molecule has 0 aromatic heterocycles. The fourth-order valence-electron chi connectivity index (χ4n) is 2.07. The van der Waals surface area contributed by atoms with E-state index in [9.17, 15) is 4.79 Å². The summed E-state index contributed by atoms with van der Waals surface area (Å²) in [4.78, 5) is 12.0. The Hall–Kier alpha value is -2.29. The van der Waals surface area contributed by atoms with Crippen LogP contribution >= 0.6 is 0 Å². The van der Waals surface area contributed by atoms with Crippen LogP contribution in [0.5, 0.6) is 11.5 Å². The summed E-state index contributed by atoms with van der Waals surface area (Å²) >= 11 is 0. The van der Waals surface area contributed by atoms with E-state index in [-0.39, 0.29) is 5.78 Å².